The van der Waals surface area contributed by atoms with Crippen LogP contribution in [-0.2, 0) is 0 Å². The van der Waals surface area contributed by atoms with Gasteiger partial charge in [0.15, 0.2) is 0 Å². The molecule has 3 rings (SSSR count). The molecule has 1 unspecified atom stereocenters. The Morgan fingerprint density at radius 2 is 2.20 bits per heavy atom. The number of thiazole rings is 1. The summed E-state index contributed by atoms with van der Waals surface area (Å²) in [4.78, 5) is 9.95. The lowest BCUT2D eigenvalue weighted by Gasteiger charge is -2.19. The molecule has 0 amide bonds. The second-order valence-corrected chi connectivity index (χ2v) is 5.62. The second kappa shape index (κ2) is 5.69. The van der Waals surface area contributed by atoms with Crippen molar-refractivity contribution < 1.29 is 0 Å². The van der Waals surface area contributed by atoms with Gasteiger partial charge < -0.3 is 5.32 Å². The Hall–Kier alpha value is -1.78. The Bertz CT molecular complexity index is 715. The highest BCUT2D eigenvalue weighted by molar-refractivity contribution is 7.09. The SMILES string of the molecule is CCNC(c1scnc1C)c1cccc2ccncc12. The molecule has 20 heavy (non-hydrogen) atoms. The summed E-state index contributed by atoms with van der Waals surface area (Å²) in [5.41, 5.74) is 4.28. The molecule has 1 aromatic carbocycles. The number of benzene rings is 1. The van der Waals surface area contributed by atoms with E-state index in [-0.39, 0.29) is 6.04 Å². The second-order valence-electron chi connectivity index (χ2n) is 4.74. The molecule has 0 saturated heterocycles. The summed E-state index contributed by atoms with van der Waals surface area (Å²) >= 11 is 1.71. The normalized spacial score (nSPS) is 12.7. The first-order chi connectivity index (χ1) is 9.81. The summed E-state index contributed by atoms with van der Waals surface area (Å²) in [6.07, 6.45) is 3.79. The van der Waals surface area contributed by atoms with Gasteiger partial charge in [0, 0.05) is 22.7 Å². The van der Waals surface area contributed by atoms with Crippen LogP contribution in [0.5, 0.6) is 0 Å². The predicted molar refractivity (Wildman–Crippen MR) is 84.1 cm³/mol. The number of nitrogens with zero attached hydrogens (tertiary/aromatic N) is 2. The van der Waals surface area contributed by atoms with Crippen LogP contribution in [0.4, 0.5) is 0 Å². The van der Waals surface area contributed by atoms with Crippen LogP contribution in [0.15, 0.2) is 42.2 Å². The van der Waals surface area contributed by atoms with E-state index < -0.39 is 0 Å². The Kier molecular flexibility index (Phi) is 3.76. The number of fused-ring (bicyclic) bond motifs is 1. The molecule has 0 saturated carbocycles. The molecular weight excluding hydrogens is 266 g/mol. The highest BCUT2D eigenvalue weighted by atomic mass is 32.1. The van der Waals surface area contributed by atoms with Gasteiger partial charge >= 0.3 is 0 Å². The number of rotatable bonds is 4. The van der Waals surface area contributed by atoms with Crippen LogP contribution < -0.4 is 5.32 Å². The zero-order valence-electron chi connectivity index (χ0n) is 11.6. The van der Waals surface area contributed by atoms with E-state index in [9.17, 15) is 0 Å². The van der Waals surface area contributed by atoms with E-state index in [1.54, 1.807) is 11.3 Å². The average Bonchev–Trinajstić information content (AvgIpc) is 2.90. The van der Waals surface area contributed by atoms with E-state index >= 15 is 0 Å². The Morgan fingerprint density at radius 3 is 2.95 bits per heavy atom. The first-order valence-corrected chi connectivity index (χ1v) is 7.65. The minimum atomic E-state index is 0.181. The van der Waals surface area contributed by atoms with Crippen LogP contribution in [0.1, 0.15) is 29.1 Å². The Labute approximate surface area is 122 Å². The third-order valence-electron chi connectivity index (χ3n) is 3.48. The van der Waals surface area contributed by atoms with Gasteiger partial charge in [-0.15, -0.1) is 11.3 Å². The zero-order chi connectivity index (χ0) is 13.9. The molecule has 1 N–H and O–H groups in total. The average molecular weight is 283 g/mol. The molecule has 0 aliphatic carbocycles. The topological polar surface area (TPSA) is 37.8 Å². The molecule has 2 heterocycles. The summed E-state index contributed by atoms with van der Waals surface area (Å²) in [7, 11) is 0. The fraction of sp³-hybridized carbons (Fsp3) is 0.250. The van der Waals surface area contributed by atoms with Gasteiger partial charge in [-0.2, -0.15) is 0 Å². The predicted octanol–water partition coefficient (Wildman–Crippen LogP) is 3.70. The van der Waals surface area contributed by atoms with E-state index in [4.69, 9.17) is 0 Å². The Balaban J connectivity index is 2.17. The first kappa shape index (κ1) is 13.2. The van der Waals surface area contributed by atoms with Gasteiger partial charge in [-0.1, -0.05) is 25.1 Å². The van der Waals surface area contributed by atoms with Gasteiger partial charge in [0.2, 0.25) is 0 Å². The van der Waals surface area contributed by atoms with E-state index in [0.717, 1.165) is 12.2 Å². The molecule has 3 nitrogen and oxygen atoms in total. The van der Waals surface area contributed by atoms with Gasteiger partial charge in [-0.05, 0) is 30.5 Å². The number of nitrogens with one attached hydrogen (secondary N) is 1. The highest BCUT2D eigenvalue weighted by Gasteiger charge is 2.19. The van der Waals surface area contributed by atoms with Crippen LogP contribution in [0, 0.1) is 6.92 Å². The minimum absolute atomic E-state index is 0.181. The lowest BCUT2D eigenvalue weighted by atomic mass is 9.98. The molecule has 0 fully saturated rings. The van der Waals surface area contributed by atoms with Crippen molar-refractivity contribution in [3.05, 3.63) is 58.3 Å². The molecule has 4 heteroatoms. The van der Waals surface area contributed by atoms with Crippen LogP contribution in [0.2, 0.25) is 0 Å². The van der Waals surface area contributed by atoms with E-state index in [1.165, 1.54) is 21.2 Å². The van der Waals surface area contributed by atoms with Crippen molar-refractivity contribution in [2.45, 2.75) is 19.9 Å². The minimum Gasteiger partial charge on any atom is -0.306 e. The van der Waals surface area contributed by atoms with Crippen LogP contribution in [0.25, 0.3) is 10.8 Å². The van der Waals surface area contributed by atoms with Crippen molar-refractivity contribution in [3.8, 4) is 0 Å². The molecule has 2 aromatic heterocycles. The lowest BCUT2D eigenvalue weighted by Crippen LogP contribution is -2.22. The van der Waals surface area contributed by atoms with E-state index in [0.29, 0.717) is 0 Å². The monoisotopic (exact) mass is 283 g/mol. The Morgan fingerprint density at radius 1 is 1.30 bits per heavy atom. The quantitative estimate of drug-likeness (QED) is 0.793. The molecule has 0 radical (unpaired) electrons. The fourth-order valence-electron chi connectivity index (χ4n) is 2.52. The highest BCUT2D eigenvalue weighted by Crippen LogP contribution is 2.32. The van der Waals surface area contributed by atoms with Crippen molar-refractivity contribution in [1.82, 2.24) is 15.3 Å². The van der Waals surface area contributed by atoms with Crippen molar-refractivity contribution in [1.29, 1.82) is 0 Å². The number of hydrogen-bond acceptors (Lipinski definition) is 4. The van der Waals surface area contributed by atoms with Crippen LogP contribution >= 0.6 is 11.3 Å². The summed E-state index contributed by atoms with van der Waals surface area (Å²) in [5.74, 6) is 0. The molecule has 0 bridgehead atoms. The van der Waals surface area contributed by atoms with Gasteiger partial charge in [-0.25, -0.2) is 4.98 Å². The number of aryl methyl sites for hydroxylation is 1. The maximum absolute atomic E-state index is 4.39. The number of aromatic nitrogens is 2. The number of hydrogen-bond donors (Lipinski definition) is 1. The smallest absolute Gasteiger partial charge is 0.0798 e. The maximum Gasteiger partial charge on any atom is 0.0798 e. The van der Waals surface area contributed by atoms with Crippen molar-refractivity contribution in [3.63, 3.8) is 0 Å². The van der Waals surface area contributed by atoms with Gasteiger partial charge in [0.1, 0.15) is 0 Å². The third kappa shape index (κ3) is 2.32. The summed E-state index contributed by atoms with van der Waals surface area (Å²) in [6.45, 7) is 5.12. The van der Waals surface area contributed by atoms with Crippen LogP contribution in [0.3, 0.4) is 0 Å². The van der Waals surface area contributed by atoms with Gasteiger partial charge in [0.25, 0.3) is 0 Å². The molecular formula is C16H17N3S. The molecule has 0 aliphatic heterocycles. The van der Waals surface area contributed by atoms with Gasteiger partial charge in [-0.3, -0.25) is 4.98 Å². The zero-order valence-corrected chi connectivity index (χ0v) is 12.4. The first-order valence-electron chi connectivity index (χ1n) is 6.77. The van der Waals surface area contributed by atoms with Crippen molar-refractivity contribution in [2.75, 3.05) is 6.54 Å². The third-order valence-corrected chi connectivity index (χ3v) is 4.48. The molecule has 102 valence electrons. The maximum atomic E-state index is 4.39. The lowest BCUT2D eigenvalue weighted by molar-refractivity contribution is 0.639. The summed E-state index contributed by atoms with van der Waals surface area (Å²) in [5, 5.41) is 6.00. The molecule has 0 aliphatic rings. The van der Waals surface area contributed by atoms with E-state index in [2.05, 4.69) is 53.4 Å². The molecule has 1 atom stereocenters. The standard InChI is InChI=1S/C16H17N3S/c1-3-18-15(16-11(2)19-10-20-16)13-6-4-5-12-7-8-17-9-14(12)13/h4-10,15,18H,3H2,1-2H3. The summed E-state index contributed by atoms with van der Waals surface area (Å²) in [6, 6.07) is 8.65. The van der Waals surface area contributed by atoms with Gasteiger partial charge in [0.05, 0.1) is 17.2 Å². The van der Waals surface area contributed by atoms with Crippen molar-refractivity contribution >= 4 is 22.1 Å². The molecule has 0 spiro atoms. The van der Waals surface area contributed by atoms with Crippen molar-refractivity contribution in [2.24, 2.45) is 0 Å². The largest absolute Gasteiger partial charge is 0.306 e. The number of pyridine rings is 1. The molecule has 3 aromatic rings. The summed E-state index contributed by atoms with van der Waals surface area (Å²) < 4.78 is 0. The fourth-order valence-corrected chi connectivity index (χ4v) is 3.42. The van der Waals surface area contributed by atoms with Crippen LogP contribution in [-0.4, -0.2) is 16.5 Å². The van der Waals surface area contributed by atoms with E-state index in [1.807, 2.05) is 17.9 Å².